The summed E-state index contributed by atoms with van der Waals surface area (Å²) in [6.45, 7) is 8.26. The molecular weight excluding hydrogens is 432 g/mol. The molecular formula is C27H28N2O3S. The van der Waals surface area contributed by atoms with Crippen LogP contribution in [-0.2, 0) is 11.2 Å². The zero-order valence-electron chi connectivity index (χ0n) is 19.3. The second kappa shape index (κ2) is 9.32. The first-order chi connectivity index (χ1) is 15.8. The van der Waals surface area contributed by atoms with Gasteiger partial charge < -0.3 is 10.0 Å². The van der Waals surface area contributed by atoms with Crippen molar-refractivity contribution in [1.29, 1.82) is 0 Å². The lowest BCUT2D eigenvalue weighted by molar-refractivity contribution is -0.129. The Labute approximate surface area is 198 Å². The molecule has 0 fully saturated rings. The van der Waals surface area contributed by atoms with Crippen molar-refractivity contribution in [2.45, 2.75) is 46.1 Å². The average Bonchev–Trinajstić information content (AvgIpc) is 3.28. The van der Waals surface area contributed by atoms with Crippen molar-refractivity contribution in [2.24, 2.45) is 0 Å². The van der Waals surface area contributed by atoms with E-state index in [2.05, 4.69) is 18.8 Å². The summed E-state index contributed by atoms with van der Waals surface area (Å²) in [5.41, 5.74) is 3.83. The first-order valence-corrected chi connectivity index (χ1v) is 12.0. The van der Waals surface area contributed by atoms with Crippen molar-refractivity contribution >= 4 is 23.0 Å². The third kappa shape index (κ3) is 4.48. The van der Waals surface area contributed by atoms with Crippen LogP contribution >= 0.6 is 11.3 Å². The third-order valence-electron chi connectivity index (χ3n) is 6.06. The fourth-order valence-electron chi connectivity index (χ4n) is 4.28. The average molecular weight is 461 g/mol. The van der Waals surface area contributed by atoms with Crippen LogP contribution in [0.5, 0.6) is 0 Å². The predicted octanol–water partition coefficient (Wildman–Crippen LogP) is 5.70. The van der Waals surface area contributed by atoms with Crippen molar-refractivity contribution in [3.05, 3.63) is 98.2 Å². The molecule has 0 spiro atoms. The Morgan fingerprint density at radius 3 is 2.33 bits per heavy atom. The summed E-state index contributed by atoms with van der Waals surface area (Å²) in [6.07, 6.45) is 0.626. The van der Waals surface area contributed by atoms with Crippen molar-refractivity contribution in [1.82, 2.24) is 9.88 Å². The van der Waals surface area contributed by atoms with E-state index in [1.165, 1.54) is 16.9 Å². The van der Waals surface area contributed by atoms with Gasteiger partial charge in [0.05, 0.1) is 27.2 Å². The minimum atomic E-state index is -0.642. The number of aromatic nitrogens is 1. The number of aliphatic hydroxyl groups is 1. The number of benzene rings is 2. The Hall–Kier alpha value is -3.25. The minimum Gasteiger partial charge on any atom is -0.503 e. The van der Waals surface area contributed by atoms with E-state index in [9.17, 15) is 14.7 Å². The number of Topliss-reactive ketones (excluding diaryl/α,β-unsaturated/α-hetero) is 1. The predicted molar refractivity (Wildman–Crippen MR) is 131 cm³/mol. The second-order valence-corrected chi connectivity index (χ2v) is 9.90. The largest absolute Gasteiger partial charge is 0.503 e. The number of nitrogens with zero attached hydrogens (tertiary/aromatic N) is 2. The molecule has 4 rings (SSSR count). The van der Waals surface area contributed by atoms with Gasteiger partial charge in [0.15, 0.2) is 5.76 Å². The summed E-state index contributed by atoms with van der Waals surface area (Å²) in [7, 11) is 0. The molecule has 170 valence electrons. The van der Waals surface area contributed by atoms with Gasteiger partial charge in [0.1, 0.15) is 0 Å². The van der Waals surface area contributed by atoms with Crippen LogP contribution in [-0.4, -0.2) is 33.2 Å². The van der Waals surface area contributed by atoms with E-state index in [1.54, 1.807) is 11.8 Å². The Balaban J connectivity index is 1.74. The molecule has 2 aromatic carbocycles. The molecule has 0 bridgehead atoms. The van der Waals surface area contributed by atoms with Crippen LogP contribution in [0.4, 0.5) is 0 Å². The van der Waals surface area contributed by atoms with Gasteiger partial charge in [-0.3, -0.25) is 9.59 Å². The van der Waals surface area contributed by atoms with Crippen LogP contribution in [0, 0.1) is 13.8 Å². The Kier molecular flexibility index (Phi) is 6.47. The number of thiazole rings is 1. The highest BCUT2D eigenvalue weighted by atomic mass is 32.1. The van der Waals surface area contributed by atoms with Crippen LogP contribution in [0.1, 0.15) is 62.9 Å². The fraction of sp³-hybridized carbons (Fsp3) is 0.296. The molecule has 0 radical (unpaired) electrons. The topological polar surface area (TPSA) is 70.5 Å². The lowest BCUT2D eigenvalue weighted by Crippen LogP contribution is -2.33. The SMILES string of the molecule is Cc1nc(C)c(C(=O)C2=C(O)C(=O)N(CCc3ccccc3)C2c2ccc(C(C)C)cc2)s1. The Morgan fingerprint density at radius 1 is 1.09 bits per heavy atom. The molecule has 1 aromatic heterocycles. The maximum Gasteiger partial charge on any atom is 0.290 e. The highest BCUT2D eigenvalue weighted by Gasteiger charge is 2.44. The van der Waals surface area contributed by atoms with Crippen LogP contribution in [0.15, 0.2) is 65.9 Å². The number of carbonyl (C=O) groups excluding carboxylic acids is 2. The molecule has 1 aliphatic rings. The van der Waals surface area contributed by atoms with Crippen LogP contribution in [0.3, 0.4) is 0 Å². The lowest BCUT2D eigenvalue weighted by atomic mass is 9.92. The maximum atomic E-state index is 13.6. The standard InChI is InChI=1S/C27H28N2O3S/c1-16(2)20-10-12-21(13-11-20)23-22(24(30)26-17(3)28-18(4)33-26)25(31)27(32)29(23)15-14-19-8-6-5-7-9-19/h5-13,16,23,31H,14-15H2,1-4H3. The minimum absolute atomic E-state index is 0.136. The van der Waals surface area contributed by atoms with Gasteiger partial charge in [-0.15, -0.1) is 11.3 Å². The first-order valence-electron chi connectivity index (χ1n) is 11.1. The number of hydrogen-bond acceptors (Lipinski definition) is 5. The number of aryl methyl sites for hydroxylation is 2. The van der Waals surface area contributed by atoms with Crippen LogP contribution in [0.2, 0.25) is 0 Å². The number of amides is 1. The zero-order chi connectivity index (χ0) is 23.7. The monoisotopic (exact) mass is 460 g/mol. The molecule has 6 heteroatoms. The molecule has 0 saturated heterocycles. The number of carbonyl (C=O) groups is 2. The molecule has 33 heavy (non-hydrogen) atoms. The van der Waals surface area contributed by atoms with Gasteiger partial charge in [0.2, 0.25) is 5.78 Å². The van der Waals surface area contributed by atoms with E-state index in [0.29, 0.717) is 29.5 Å². The van der Waals surface area contributed by atoms with E-state index in [0.717, 1.165) is 16.1 Å². The van der Waals surface area contributed by atoms with E-state index >= 15 is 0 Å². The smallest absolute Gasteiger partial charge is 0.290 e. The normalized spacial score (nSPS) is 16.2. The van der Waals surface area contributed by atoms with Crippen molar-refractivity contribution in [3.63, 3.8) is 0 Å². The number of aliphatic hydroxyl groups excluding tert-OH is 1. The number of hydrogen-bond donors (Lipinski definition) is 1. The molecule has 3 aromatic rings. The molecule has 1 amide bonds. The Morgan fingerprint density at radius 2 is 1.76 bits per heavy atom. The summed E-state index contributed by atoms with van der Waals surface area (Å²) < 4.78 is 0. The maximum absolute atomic E-state index is 13.6. The molecule has 0 aliphatic carbocycles. The fourth-order valence-corrected chi connectivity index (χ4v) is 5.16. The highest BCUT2D eigenvalue weighted by Crippen LogP contribution is 2.40. The van der Waals surface area contributed by atoms with Crippen LogP contribution in [0.25, 0.3) is 0 Å². The van der Waals surface area contributed by atoms with Crippen molar-refractivity contribution in [3.8, 4) is 0 Å². The molecule has 1 aliphatic heterocycles. The molecule has 0 saturated carbocycles. The lowest BCUT2D eigenvalue weighted by Gasteiger charge is -2.27. The first kappa shape index (κ1) is 22.9. The van der Waals surface area contributed by atoms with Gasteiger partial charge >= 0.3 is 0 Å². The summed E-state index contributed by atoms with van der Waals surface area (Å²) >= 11 is 1.29. The zero-order valence-corrected chi connectivity index (χ0v) is 20.1. The quantitative estimate of drug-likeness (QED) is 0.459. The molecule has 2 heterocycles. The van der Waals surface area contributed by atoms with Gasteiger partial charge in [-0.1, -0.05) is 68.4 Å². The molecule has 1 atom stereocenters. The number of rotatable bonds is 7. The molecule has 1 unspecified atom stereocenters. The van der Waals surface area contributed by atoms with Crippen molar-refractivity contribution in [2.75, 3.05) is 6.54 Å². The van der Waals surface area contributed by atoms with Gasteiger partial charge in [-0.05, 0) is 42.9 Å². The van der Waals surface area contributed by atoms with E-state index in [-0.39, 0.29) is 11.4 Å². The summed E-state index contributed by atoms with van der Waals surface area (Å²) in [4.78, 5) is 33.2. The summed E-state index contributed by atoms with van der Waals surface area (Å²) in [5.74, 6) is -0.932. The van der Waals surface area contributed by atoms with E-state index < -0.39 is 17.7 Å². The summed E-state index contributed by atoms with van der Waals surface area (Å²) in [6, 6.07) is 17.2. The van der Waals surface area contributed by atoms with E-state index in [4.69, 9.17) is 0 Å². The van der Waals surface area contributed by atoms with Gasteiger partial charge in [-0.25, -0.2) is 4.98 Å². The van der Waals surface area contributed by atoms with E-state index in [1.807, 2.05) is 61.5 Å². The van der Waals surface area contributed by atoms with Gasteiger partial charge in [-0.2, -0.15) is 0 Å². The third-order valence-corrected chi connectivity index (χ3v) is 7.13. The van der Waals surface area contributed by atoms with Crippen molar-refractivity contribution < 1.29 is 14.7 Å². The summed E-state index contributed by atoms with van der Waals surface area (Å²) in [5, 5.41) is 11.7. The molecule has 1 N–H and O–H groups in total. The van der Waals surface area contributed by atoms with Gasteiger partial charge in [0, 0.05) is 6.54 Å². The number of ketones is 1. The Bertz CT molecular complexity index is 1210. The van der Waals surface area contributed by atoms with Crippen LogP contribution < -0.4 is 0 Å². The van der Waals surface area contributed by atoms with Gasteiger partial charge in [0.25, 0.3) is 5.91 Å². The second-order valence-electron chi connectivity index (χ2n) is 8.70. The molecule has 5 nitrogen and oxygen atoms in total. The highest BCUT2D eigenvalue weighted by molar-refractivity contribution is 7.14.